The molecule has 0 radical (unpaired) electrons. The third kappa shape index (κ3) is 9.08. The molecule has 9 heteroatoms. The van der Waals surface area contributed by atoms with Gasteiger partial charge in [0.1, 0.15) is 12.0 Å². The molecule has 30 heavy (non-hydrogen) atoms. The van der Waals surface area contributed by atoms with Crippen LogP contribution in [0.15, 0.2) is 48.9 Å². The van der Waals surface area contributed by atoms with Crippen LogP contribution in [0, 0.1) is 5.92 Å². The topological polar surface area (TPSA) is 134 Å². The van der Waals surface area contributed by atoms with E-state index >= 15 is 0 Å². The third-order valence-corrected chi connectivity index (χ3v) is 4.06. The number of aromatic nitrogens is 2. The number of nitrogens with zero attached hydrogens (tertiary/aromatic N) is 2. The Balaban J connectivity index is 0.00000124. The van der Waals surface area contributed by atoms with Crippen LogP contribution in [-0.4, -0.2) is 63.6 Å². The number of carbonyl (C=O) groups is 2. The van der Waals surface area contributed by atoms with E-state index in [2.05, 4.69) is 20.6 Å². The van der Waals surface area contributed by atoms with Gasteiger partial charge in [-0.1, -0.05) is 18.2 Å². The Bertz CT molecular complexity index is 739. The number of hydrogen-bond acceptors (Lipinski definition) is 7. The fourth-order valence-electron chi connectivity index (χ4n) is 2.72. The minimum atomic E-state index is -1.50. The van der Waals surface area contributed by atoms with Crippen molar-refractivity contribution < 1.29 is 27.4 Å². The largest absolute Gasteiger partial charge is 0.376 e. The molecule has 0 spiro atoms. The number of carbonyl (C=O) groups excluding carboxylic acids is 2. The van der Waals surface area contributed by atoms with Gasteiger partial charge in [-0.15, -0.1) is 0 Å². The Morgan fingerprint density at radius 1 is 1.13 bits per heavy atom. The molecule has 2 atom stereocenters. The summed E-state index contributed by atoms with van der Waals surface area (Å²) in [5, 5.41) is 21.9. The van der Waals surface area contributed by atoms with E-state index in [1.54, 1.807) is 18.2 Å². The van der Waals surface area contributed by atoms with Gasteiger partial charge in [0.05, 0.1) is 12.7 Å². The van der Waals surface area contributed by atoms with Crippen molar-refractivity contribution in [2.75, 3.05) is 19.7 Å². The van der Waals surface area contributed by atoms with Crippen LogP contribution in [0.3, 0.4) is 0 Å². The molecular formula is C21H32N4O5. The van der Waals surface area contributed by atoms with Crippen LogP contribution in [0.2, 0.25) is 0 Å². The number of hydrogen-bond donors (Lipinski definition) is 4. The summed E-state index contributed by atoms with van der Waals surface area (Å²) in [6.07, 6.45) is 3.61. The van der Waals surface area contributed by atoms with Crippen LogP contribution in [-0.2, 0) is 4.74 Å². The van der Waals surface area contributed by atoms with Crippen molar-refractivity contribution in [3.63, 3.8) is 0 Å². The molecule has 166 valence electrons. The third-order valence-electron chi connectivity index (χ3n) is 4.06. The number of amides is 2. The maximum Gasteiger partial charge on any atom is 0.270 e. The molecule has 2 amide bonds. The molecule has 2 aromatic rings. The average molecular weight is 421 g/mol. The monoisotopic (exact) mass is 420 g/mol. The first-order valence-corrected chi connectivity index (χ1v) is 9.66. The minimum Gasteiger partial charge on any atom is -0.376 e. The van der Waals surface area contributed by atoms with Crippen LogP contribution in [0.4, 0.5) is 0 Å². The lowest BCUT2D eigenvalue weighted by Crippen LogP contribution is -2.33. The molecule has 4 N–H and O–H groups in total. The first kappa shape index (κ1) is 23.4. The van der Waals surface area contributed by atoms with Gasteiger partial charge in [-0.3, -0.25) is 9.59 Å². The Hall–Kier alpha value is -2.88. The highest BCUT2D eigenvalue weighted by Gasteiger charge is 2.26. The van der Waals surface area contributed by atoms with Crippen molar-refractivity contribution in [3.05, 3.63) is 60.2 Å². The summed E-state index contributed by atoms with van der Waals surface area (Å²) in [7, 11) is 0. The van der Waals surface area contributed by atoms with Crippen LogP contribution in [0.1, 0.15) is 44.0 Å². The van der Waals surface area contributed by atoms with Gasteiger partial charge in [-0.05, 0) is 38.5 Å². The van der Waals surface area contributed by atoms with Gasteiger partial charge < -0.3 is 25.6 Å². The summed E-state index contributed by atoms with van der Waals surface area (Å²) in [5.74, 6) is -1.58. The van der Waals surface area contributed by atoms with Gasteiger partial charge in [0.15, 0.2) is 5.79 Å². The van der Waals surface area contributed by atoms with Crippen LogP contribution in [0.5, 0.6) is 0 Å². The molecule has 1 aliphatic heterocycles. The van der Waals surface area contributed by atoms with Gasteiger partial charge in [0, 0.05) is 33.6 Å². The van der Waals surface area contributed by atoms with E-state index in [1.807, 2.05) is 18.2 Å². The zero-order valence-electron chi connectivity index (χ0n) is 17.1. The summed E-state index contributed by atoms with van der Waals surface area (Å²) in [6.45, 7) is 4.15. The van der Waals surface area contributed by atoms with E-state index in [4.69, 9.17) is 14.9 Å². The molecular weight excluding hydrogens is 388 g/mol. The fourth-order valence-corrected chi connectivity index (χ4v) is 2.72. The molecule has 2 heterocycles. The summed E-state index contributed by atoms with van der Waals surface area (Å²) in [4.78, 5) is 31.7. The van der Waals surface area contributed by atoms with E-state index in [0.29, 0.717) is 31.0 Å². The number of benzene rings is 1. The molecule has 0 bridgehead atoms. The van der Waals surface area contributed by atoms with Crippen molar-refractivity contribution >= 4 is 11.8 Å². The fraction of sp³-hybridized carbons (Fsp3) is 0.429. The molecule has 0 unspecified atom stereocenters. The van der Waals surface area contributed by atoms with Crippen molar-refractivity contribution in [2.24, 2.45) is 5.92 Å². The number of rotatable bonds is 6. The predicted octanol–water partition coefficient (Wildman–Crippen LogP) is 1.24. The van der Waals surface area contributed by atoms with Gasteiger partial charge in [0.25, 0.3) is 11.8 Å². The lowest BCUT2D eigenvalue weighted by Gasteiger charge is -2.11. The highest BCUT2D eigenvalue weighted by Crippen LogP contribution is 2.18. The van der Waals surface area contributed by atoms with E-state index in [-0.39, 0.29) is 26.7 Å². The summed E-state index contributed by atoms with van der Waals surface area (Å²) in [6, 6.07) is 10.7. The maximum atomic E-state index is 12.0. The molecule has 9 nitrogen and oxygen atoms in total. The standard InChI is InChI=1S/C18H20N4O3.C3H8O2.2H2/c23-17(14-4-2-1-3-5-14)20-9-13-8-15(25-11-13)10-21-18(24)16-6-7-19-12-22-16;1-3(2,4)5;;/h1-7,12-13,15H,8-11H2,(H,20,23)(H,21,24);4-5H,1-2H3;2*1H/t13-,15+;;;/m1.../s1. The highest BCUT2D eigenvalue weighted by molar-refractivity contribution is 5.94. The second-order valence-electron chi connectivity index (χ2n) is 7.43. The average Bonchev–Trinajstić information content (AvgIpc) is 3.18. The quantitative estimate of drug-likeness (QED) is 0.517. The van der Waals surface area contributed by atoms with E-state index in [1.165, 1.54) is 26.4 Å². The van der Waals surface area contributed by atoms with Gasteiger partial charge in [-0.2, -0.15) is 0 Å². The lowest BCUT2D eigenvalue weighted by atomic mass is 10.1. The molecule has 1 aromatic heterocycles. The van der Waals surface area contributed by atoms with Gasteiger partial charge in [-0.25, -0.2) is 9.97 Å². The summed E-state index contributed by atoms with van der Waals surface area (Å²) >= 11 is 0. The van der Waals surface area contributed by atoms with E-state index in [0.717, 1.165) is 6.42 Å². The second-order valence-corrected chi connectivity index (χ2v) is 7.43. The zero-order valence-corrected chi connectivity index (χ0v) is 17.1. The molecule has 1 saturated heterocycles. The summed E-state index contributed by atoms with van der Waals surface area (Å²) < 4.78 is 5.69. The number of ether oxygens (including phenoxy) is 1. The minimum absolute atomic E-state index is 0. The van der Waals surface area contributed by atoms with E-state index < -0.39 is 5.79 Å². The number of nitrogens with one attached hydrogen (secondary N) is 2. The molecule has 1 aliphatic rings. The van der Waals surface area contributed by atoms with Crippen molar-refractivity contribution in [1.29, 1.82) is 0 Å². The molecule has 1 aromatic carbocycles. The van der Waals surface area contributed by atoms with Crippen molar-refractivity contribution in [2.45, 2.75) is 32.2 Å². The number of aliphatic hydroxyl groups is 2. The van der Waals surface area contributed by atoms with E-state index in [9.17, 15) is 9.59 Å². The smallest absolute Gasteiger partial charge is 0.270 e. The van der Waals surface area contributed by atoms with Crippen molar-refractivity contribution in [3.8, 4) is 0 Å². The first-order chi connectivity index (χ1) is 14.2. The lowest BCUT2D eigenvalue weighted by molar-refractivity contribution is -0.127. The van der Waals surface area contributed by atoms with Gasteiger partial charge in [0.2, 0.25) is 0 Å². The second kappa shape index (κ2) is 11.3. The predicted molar refractivity (Wildman–Crippen MR) is 114 cm³/mol. The molecule has 3 rings (SSSR count). The first-order valence-electron chi connectivity index (χ1n) is 9.66. The van der Waals surface area contributed by atoms with Gasteiger partial charge >= 0.3 is 0 Å². The Morgan fingerprint density at radius 2 is 1.80 bits per heavy atom. The molecule has 0 saturated carbocycles. The van der Waals surface area contributed by atoms with Crippen LogP contribution in [0.25, 0.3) is 0 Å². The van der Waals surface area contributed by atoms with Crippen molar-refractivity contribution in [1.82, 2.24) is 20.6 Å². The normalized spacial score (nSPS) is 18.1. The Kier molecular flexibility index (Phi) is 8.85. The highest BCUT2D eigenvalue weighted by atomic mass is 16.5. The van der Waals surface area contributed by atoms with Crippen LogP contribution < -0.4 is 10.6 Å². The maximum absolute atomic E-state index is 12.0. The zero-order chi connectivity index (χ0) is 22.0. The summed E-state index contributed by atoms with van der Waals surface area (Å²) in [5.41, 5.74) is 0.981. The Labute approximate surface area is 178 Å². The van der Waals surface area contributed by atoms with Crippen LogP contribution >= 0.6 is 0 Å². The molecule has 1 fully saturated rings. The SMILES string of the molecule is CC(C)(O)O.O=C(NC[C@@H]1CO[C@H](CNC(=O)c2ccncn2)C1)c1ccccc1.[HH].[HH]. The molecule has 0 aliphatic carbocycles. The Morgan fingerprint density at radius 3 is 2.43 bits per heavy atom.